The Morgan fingerprint density at radius 1 is 0.867 bits per heavy atom. The Morgan fingerprint density at radius 2 is 1.43 bits per heavy atom. The Morgan fingerprint density at radius 3 is 2.00 bits per heavy atom. The quantitative estimate of drug-likeness (QED) is 0.297. The van der Waals surface area contributed by atoms with E-state index in [1.165, 1.54) is 6.40 Å². The molecule has 0 aliphatic heterocycles. The van der Waals surface area contributed by atoms with Crippen LogP contribution in [-0.4, -0.2) is 18.1 Å². The lowest BCUT2D eigenvalue weighted by molar-refractivity contribution is 0.423. The summed E-state index contributed by atoms with van der Waals surface area (Å²) in [5, 5.41) is 10.1. The summed E-state index contributed by atoms with van der Waals surface area (Å²) < 4.78 is 7.19. The van der Waals surface area contributed by atoms with Crippen LogP contribution >= 0.6 is 0 Å². The van der Waals surface area contributed by atoms with Crippen molar-refractivity contribution in [3.05, 3.63) is 102 Å². The molecule has 4 rings (SSSR count). The molecule has 0 saturated heterocycles. The third kappa shape index (κ3) is 3.74. The first kappa shape index (κ1) is 19.2. The van der Waals surface area contributed by atoms with Gasteiger partial charge in [0.25, 0.3) is 0 Å². The Balaban J connectivity index is 2.07. The first-order valence-corrected chi connectivity index (χ1v) is 9.70. The number of ether oxygens (including phenoxy) is 1. The molecule has 4 aromatic rings. The molecular weight excluding hydrogens is 370 g/mol. The minimum absolute atomic E-state index is 0.532. The highest BCUT2D eigenvalue weighted by Gasteiger charge is 2.25. The summed E-state index contributed by atoms with van der Waals surface area (Å²) in [6, 6.07) is 32.7. The summed E-state index contributed by atoms with van der Waals surface area (Å²) >= 11 is 0. The summed E-state index contributed by atoms with van der Waals surface area (Å²) in [5.74, 6) is 0.584. The van der Waals surface area contributed by atoms with Gasteiger partial charge in [0.2, 0.25) is 0 Å². The second kappa shape index (κ2) is 8.93. The highest BCUT2D eigenvalue weighted by molar-refractivity contribution is 5.91. The number of rotatable bonds is 6. The van der Waals surface area contributed by atoms with E-state index in [0.717, 1.165) is 27.9 Å². The largest absolute Gasteiger partial charge is 0.486 e. The number of benzene rings is 3. The Labute approximate surface area is 176 Å². The fraction of sp³-hybridized carbons (Fsp3) is 0.0769. The predicted octanol–water partition coefficient (Wildman–Crippen LogP) is 6.05. The second-order valence-corrected chi connectivity index (χ2v) is 6.81. The van der Waals surface area contributed by atoms with Crippen LogP contribution in [0.4, 0.5) is 5.82 Å². The third-order valence-electron chi connectivity index (χ3n) is 4.92. The molecule has 3 aromatic carbocycles. The number of hydrogen-bond donors (Lipinski definition) is 0. The molecule has 1 aromatic heterocycles. The van der Waals surface area contributed by atoms with Crippen molar-refractivity contribution in [3.8, 4) is 28.5 Å². The van der Waals surface area contributed by atoms with Gasteiger partial charge >= 0.3 is 0 Å². The van der Waals surface area contributed by atoms with E-state index in [1.54, 1.807) is 7.11 Å². The van der Waals surface area contributed by atoms with Gasteiger partial charge in [0.15, 0.2) is 12.2 Å². The highest BCUT2D eigenvalue weighted by atomic mass is 16.5. The van der Waals surface area contributed by atoms with E-state index in [2.05, 4.69) is 39.9 Å². The third-order valence-corrected chi connectivity index (χ3v) is 4.92. The summed E-state index contributed by atoms with van der Waals surface area (Å²) in [4.78, 5) is 4.52. The molecule has 0 aliphatic carbocycles. The molecule has 0 unspecified atom stereocenters. The zero-order valence-corrected chi connectivity index (χ0v) is 16.7. The normalized spacial score (nSPS) is 10.8. The molecule has 30 heavy (non-hydrogen) atoms. The standard InChI is InChI=1S/C26H21N3O/c1-30-19-28-26-23(17-27)24(21-13-7-3-8-14-21)25(22-15-9-4-10-16-22)29(26)18-20-11-5-2-6-12-20/h2-16,19H,18H2,1H3/b28-19-. The number of nitriles is 1. The molecule has 0 spiro atoms. The zero-order chi connectivity index (χ0) is 20.8. The van der Waals surface area contributed by atoms with E-state index in [9.17, 15) is 5.26 Å². The van der Waals surface area contributed by atoms with E-state index in [-0.39, 0.29) is 0 Å². The summed E-state index contributed by atoms with van der Waals surface area (Å²) in [6.07, 6.45) is 1.38. The average Bonchev–Trinajstić information content (AvgIpc) is 3.12. The number of aliphatic imine (C=N–C) groups is 1. The molecule has 0 N–H and O–H groups in total. The van der Waals surface area contributed by atoms with Crippen molar-refractivity contribution < 1.29 is 4.74 Å². The number of hydrogen-bond acceptors (Lipinski definition) is 3. The molecule has 0 atom stereocenters. The van der Waals surface area contributed by atoms with Gasteiger partial charge in [-0.2, -0.15) is 5.26 Å². The monoisotopic (exact) mass is 391 g/mol. The van der Waals surface area contributed by atoms with Gasteiger partial charge in [0, 0.05) is 12.1 Å². The molecule has 146 valence electrons. The van der Waals surface area contributed by atoms with E-state index < -0.39 is 0 Å². The van der Waals surface area contributed by atoms with Crippen molar-refractivity contribution in [3.63, 3.8) is 0 Å². The first-order valence-electron chi connectivity index (χ1n) is 9.70. The minimum Gasteiger partial charge on any atom is -0.486 e. The number of methoxy groups -OCH3 is 1. The van der Waals surface area contributed by atoms with Gasteiger partial charge in [-0.15, -0.1) is 0 Å². The van der Waals surface area contributed by atoms with Crippen LogP contribution in [0.5, 0.6) is 0 Å². The molecule has 1 heterocycles. The highest BCUT2D eigenvalue weighted by Crippen LogP contribution is 2.43. The zero-order valence-electron chi connectivity index (χ0n) is 16.7. The van der Waals surface area contributed by atoms with Crippen LogP contribution in [0.15, 0.2) is 96.0 Å². The Kier molecular flexibility index (Phi) is 5.73. The van der Waals surface area contributed by atoms with Gasteiger partial charge in [0.1, 0.15) is 11.6 Å². The van der Waals surface area contributed by atoms with Gasteiger partial charge in [-0.05, 0) is 16.7 Å². The first-order chi connectivity index (χ1) is 14.8. The van der Waals surface area contributed by atoms with Crippen molar-refractivity contribution >= 4 is 12.2 Å². The van der Waals surface area contributed by atoms with Gasteiger partial charge in [-0.3, -0.25) is 0 Å². The van der Waals surface area contributed by atoms with E-state index in [4.69, 9.17) is 4.74 Å². The van der Waals surface area contributed by atoms with E-state index >= 15 is 0 Å². The fourth-order valence-electron chi connectivity index (χ4n) is 3.65. The molecule has 0 aliphatic rings. The molecule has 0 radical (unpaired) electrons. The summed E-state index contributed by atoms with van der Waals surface area (Å²) in [5.41, 5.74) is 5.51. The van der Waals surface area contributed by atoms with Gasteiger partial charge in [-0.1, -0.05) is 91.0 Å². The van der Waals surface area contributed by atoms with E-state index in [1.807, 2.05) is 66.7 Å². The number of aromatic nitrogens is 1. The van der Waals surface area contributed by atoms with Gasteiger partial charge in [-0.25, -0.2) is 4.99 Å². The fourth-order valence-corrected chi connectivity index (χ4v) is 3.65. The van der Waals surface area contributed by atoms with Gasteiger partial charge in [0.05, 0.1) is 12.8 Å². The number of nitrogens with zero attached hydrogens (tertiary/aromatic N) is 3. The van der Waals surface area contributed by atoms with Crippen LogP contribution in [0.2, 0.25) is 0 Å². The topological polar surface area (TPSA) is 50.3 Å². The van der Waals surface area contributed by atoms with Crippen molar-refractivity contribution in [1.29, 1.82) is 5.26 Å². The molecule has 4 nitrogen and oxygen atoms in total. The molecule has 0 saturated carbocycles. The maximum Gasteiger partial charge on any atom is 0.175 e. The van der Waals surface area contributed by atoms with Crippen LogP contribution in [0.25, 0.3) is 22.4 Å². The molecular formula is C26H21N3O. The SMILES string of the molecule is CO/C=N\c1c(C#N)c(-c2ccccc2)c(-c2ccccc2)n1Cc1ccccc1. The van der Waals surface area contributed by atoms with Crippen LogP contribution < -0.4 is 0 Å². The van der Waals surface area contributed by atoms with Crippen molar-refractivity contribution in [2.75, 3.05) is 7.11 Å². The van der Waals surface area contributed by atoms with Crippen molar-refractivity contribution in [1.82, 2.24) is 4.57 Å². The molecule has 0 amide bonds. The summed E-state index contributed by atoms with van der Waals surface area (Å²) in [6.45, 7) is 0.586. The van der Waals surface area contributed by atoms with Crippen LogP contribution in [0, 0.1) is 11.3 Å². The maximum absolute atomic E-state index is 10.1. The minimum atomic E-state index is 0.532. The van der Waals surface area contributed by atoms with Crippen LogP contribution in [-0.2, 0) is 11.3 Å². The van der Waals surface area contributed by atoms with Crippen LogP contribution in [0.1, 0.15) is 11.1 Å². The van der Waals surface area contributed by atoms with Gasteiger partial charge < -0.3 is 9.30 Å². The Bertz CT molecular complexity index is 1190. The lowest BCUT2D eigenvalue weighted by Crippen LogP contribution is -2.02. The summed E-state index contributed by atoms with van der Waals surface area (Å²) in [7, 11) is 1.55. The molecule has 4 heteroatoms. The lowest BCUT2D eigenvalue weighted by Gasteiger charge is -2.13. The maximum atomic E-state index is 10.1. The predicted molar refractivity (Wildman–Crippen MR) is 121 cm³/mol. The lowest BCUT2D eigenvalue weighted by atomic mass is 9.98. The average molecular weight is 391 g/mol. The molecule has 0 fully saturated rings. The second-order valence-electron chi connectivity index (χ2n) is 6.81. The smallest absolute Gasteiger partial charge is 0.175 e. The van der Waals surface area contributed by atoms with Crippen LogP contribution in [0.3, 0.4) is 0 Å². The van der Waals surface area contributed by atoms with E-state index in [0.29, 0.717) is 17.9 Å². The Hall–Kier alpha value is -4.10. The van der Waals surface area contributed by atoms with Crippen molar-refractivity contribution in [2.24, 2.45) is 4.99 Å². The molecule has 0 bridgehead atoms. The van der Waals surface area contributed by atoms with Crippen molar-refractivity contribution in [2.45, 2.75) is 6.54 Å².